The second kappa shape index (κ2) is 6.76. The Bertz CT molecular complexity index is 482. The van der Waals surface area contributed by atoms with E-state index in [2.05, 4.69) is 10.6 Å². The monoisotopic (exact) mass is 284 g/mol. The molecule has 1 aromatic carbocycles. The molecule has 0 bridgehead atoms. The number of hydrogen-bond acceptors (Lipinski definition) is 3. The van der Waals surface area contributed by atoms with Crippen LogP contribution in [0.2, 0.25) is 0 Å². The Morgan fingerprint density at radius 1 is 1.55 bits per heavy atom. The molecular formula is C14H18F2N2O2. The topological polar surface area (TPSA) is 50.4 Å². The summed E-state index contributed by atoms with van der Waals surface area (Å²) in [7, 11) is 1.49. The number of halogens is 2. The van der Waals surface area contributed by atoms with Crippen molar-refractivity contribution in [1.82, 2.24) is 10.6 Å². The Morgan fingerprint density at radius 2 is 2.35 bits per heavy atom. The Labute approximate surface area is 116 Å². The first-order valence-corrected chi connectivity index (χ1v) is 6.51. The summed E-state index contributed by atoms with van der Waals surface area (Å²) in [6, 6.07) is 4.12. The van der Waals surface area contributed by atoms with Crippen LogP contribution in [0.4, 0.5) is 8.78 Å². The number of nitrogens with one attached hydrogen (secondary N) is 2. The third-order valence-corrected chi connectivity index (χ3v) is 3.27. The number of alkyl halides is 1. The van der Waals surface area contributed by atoms with Gasteiger partial charge in [0, 0.05) is 32.2 Å². The van der Waals surface area contributed by atoms with Crippen LogP contribution in [0.15, 0.2) is 18.2 Å². The standard InChI is InChI=1S/C14H18F2N2O2/c1-20-8-10-4-9(2-3-12(10)16)6-18-14(19)13-5-11(15)7-17-13/h2-4,11,13,17H,5-8H2,1H3,(H,18,19)/t11-,13+/m0/s1. The van der Waals surface area contributed by atoms with E-state index in [9.17, 15) is 13.6 Å². The molecule has 2 atom stereocenters. The van der Waals surface area contributed by atoms with E-state index < -0.39 is 12.2 Å². The lowest BCUT2D eigenvalue weighted by Gasteiger charge is -2.12. The Hall–Kier alpha value is -1.53. The highest BCUT2D eigenvalue weighted by atomic mass is 19.1. The molecule has 0 aliphatic carbocycles. The second-order valence-electron chi connectivity index (χ2n) is 4.87. The highest BCUT2D eigenvalue weighted by Crippen LogP contribution is 2.13. The van der Waals surface area contributed by atoms with Gasteiger partial charge in [0.1, 0.15) is 12.0 Å². The maximum absolute atomic E-state index is 13.4. The zero-order valence-electron chi connectivity index (χ0n) is 11.3. The van der Waals surface area contributed by atoms with Gasteiger partial charge in [0.05, 0.1) is 12.6 Å². The lowest BCUT2D eigenvalue weighted by molar-refractivity contribution is -0.123. The van der Waals surface area contributed by atoms with Gasteiger partial charge in [-0.05, 0) is 17.7 Å². The van der Waals surface area contributed by atoms with Crippen LogP contribution in [0.1, 0.15) is 17.5 Å². The van der Waals surface area contributed by atoms with Crippen molar-refractivity contribution in [3.63, 3.8) is 0 Å². The smallest absolute Gasteiger partial charge is 0.237 e. The van der Waals surface area contributed by atoms with Gasteiger partial charge in [0.25, 0.3) is 0 Å². The summed E-state index contributed by atoms with van der Waals surface area (Å²) < 4.78 is 31.3. The summed E-state index contributed by atoms with van der Waals surface area (Å²) in [6.07, 6.45) is -0.769. The van der Waals surface area contributed by atoms with Crippen molar-refractivity contribution in [3.8, 4) is 0 Å². The fourth-order valence-corrected chi connectivity index (χ4v) is 2.21. The maximum Gasteiger partial charge on any atom is 0.237 e. The van der Waals surface area contributed by atoms with Crippen LogP contribution in [0, 0.1) is 5.82 Å². The molecule has 0 radical (unpaired) electrons. The summed E-state index contributed by atoms with van der Waals surface area (Å²) in [4.78, 5) is 11.8. The zero-order valence-corrected chi connectivity index (χ0v) is 11.3. The van der Waals surface area contributed by atoms with Gasteiger partial charge in [-0.15, -0.1) is 0 Å². The lowest BCUT2D eigenvalue weighted by Crippen LogP contribution is -2.40. The molecule has 0 aromatic heterocycles. The third kappa shape index (κ3) is 3.74. The molecule has 2 rings (SSSR count). The van der Waals surface area contributed by atoms with Crippen LogP contribution in [-0.2, 0) is 22.7 Å². The maximum atomic E-state index is 13.4. The minimum Gasteiger partial charge on any atom is -0.380 e. The average Bonchev–Trinajstić information content (AvgIpc) is 2.86. The molecule has 110 valence electrons. The summed E-state index contributed by atoms with van der Waals surface area (Å²) in [5.74, 6) is -0.567. The summed E-state index contributed by atoms with van der Waals surface area (Å²) in [6.45, 7) is 0.679. The molecule has 6 heteroatoms. The van der Waals surface area contributed by atoms with Gasteiger partial charge >= 0.3 is 0 Å². The molecule has 1 aromatic rings. The molecule has 0 saturated carbocycles. The molecule has 0 spiro atoms. The van der Waals surface area contributed by atoms with Gasteiger partial charge < -0.3 is 15.4 Å². The minimum atomic E-state index is -0.968. The van der Waals surface area contributed by atoms with Gasteiger partial charge in [-0.1, -0.05) is 6.07 Å². The normalized spacial score (nSPS) is 21.9. The van der Waals surface area contributed by atoms with Gasteiger partial charge in [0.15, 0.2) is 0 Å². The number of benzene rings is 1. The van der Waals surface area contributed by atoms with Crippen molar-refractivity contribution in [2.45, 2.75) is 31.8 Å². The highest BCUT2D eigenvalue weighted by Gasteiger charge is 2.28. The van der Waals surface area contributed by atoms with Crippen LogP contribution < -0.4 is 10.6 Å². The molecule has 4 nitrogen and oxygen atoms in total. The van der Waals surface area contributed by atoms with E-state index in [1.165, 1.54) is 13.2 Å². The molecule has 1 aliphatic heterocycles. The zero-order chi connectivity index (χ0) is 14.5. The molecule has 1 aliphatic rings. The fourth-order valence-electron chi connectivity index (χ4n) is 2.21. The quantitative estimate of drug-likeness (QED) is 0.856. The number of carbonyl (C=O) groups is 1. The summed E-state index contributed by atoms with van der Waals surface area (Å²) in [5, 5.41) is 5.54. The Kier molecular flexibility index (Phi) is 5.03. The summed E-state index contributed by atoms with van der Waals surface area (Å²) in [5.41, 5.74) is 1.23. The van der Waals surface area contributed by atoms with Gasteiger partial charge in [0.2, 0.25) is 5.91 Å². The molecule has 2 N–H and O–H groups in total. The lowest BCUT2D eigenvalue weighted by atomic mass is 10.1. The number of ether oxygens (including phenoxy) is 1. The van der Waals surface area contributed by atoms with Gasteiger partial charge in [-0.25, -0.2) is 8.78 Å². The molecule has 1 fully saturated rings. The van der Waals surface area contributed by atoms with E-state index >= 15 is 0 Å². The molecule has 1 saturated heterocycles. The highest BCUT2D eigenvalue weighted by molar-refractivity contribution is 5.82. The number of methoxy groups -OCH3 is 1. The first-order chi connectivity index (χ1) is 9.60. The van der Waals surface area contributed by atoms with Crippen molar-refractivity contribution < 1.29 is 18.3 Å². The van der Waals surface area contributed by atoms with Crippen molar-refractivity contribution in [2.24, 2.45) is 0 Å². The first kappa shape index (κ1) is 14.9. The van der Waals surface area contributed by atoms with Crippen LogP contribution >= 0.6 is 0 Å². The van der Waals surface area contributed by atoms with Crippen LogP contribution in [-0.4, -0.2) is 31.8 Å². The van der Waals surface area contributed by atoms with E-state index in [1.54, 1.807) is 12.1 Å². The van der Waals surface area contributed by atoms with Crippen molar-refractivity contribution in [2.75, 3.05) is 13.7 Å². The molecule has 1 amide bonds. The van der Waals surface area contributed by atoms with Gasteiger partial charge in [-0.2, -0.15) is 0 Å². The average molecular weight is 284 g/mol. The van der Waals surface area contributed by atoms with E-state index in [-0.39, 0.29) is 37.8 Å². The van der Waals surface area contributed by atoms with Crippen LogP contribution in [0.3, 0.4) is 0 Å². The second-order valence-corrected chi connectivity index (χ2v) is 4.87. The molecular weight excluding hydrogens is 266 g/mol. The number of hydrogen-bond donors (Lipinski definition) is 2. The molecule has 1 heterocycles. The third-order valence-electron chi connectivity index (χ3n) is 3.27. The molecule has 0 unspecified atom stereocenters. The number of amides is 1. The van der Waals surface area contributed by atoms with Crippen molar-refractivity contribution >= 4 is 5.91 Å². The number of carbonyl (C=O) groups excluding carboxylic acids is 1. The van der Waals surface area contributed by atoms with E-state index in [0.29, 0.717) is 5.56 Å². The fraction of sp³-hybridized carbons (Fsp3) is 0.500. The Balaban J connectivity index is 1.90. The summed E-state index contributed by atoms with van der Waals surface area (Å²) >= 11 is 0. The molecule has 20 heavy (non-hydrogen) atoms. The van der Waals surface area contributed by atoms with E-state index in [4.69, 9.17) is 4.74 Å². The number of rotatable bonds is 5. The van der Waals surface area contributed by atoms with E-state index in [0.717, 1.165) is 5.56 Å². The largest absolute Gasteiger partial charge is 0.380 e. The predicted molar refractivity (Wildman–Crippen MR) is 70.3 cm³/mol. The predicted octanol–water partition coefficient (Wildman–Crippen LogP) is 1.29. The minimum absolute atomic E-state index is 0.182. The SMILES string of the molecule is COCc1cc(CNC(=O)[C@H]2C[C@H](F)CN2)ccc1F. The van der Waals surface area contributed by atoms with Crippen molar-refractivity contribution in [1.29, 1.82) is 0 Å². The van der Waals surface area contributed by atoms with Crippen LogP contribution in [0.25, 0.3) is 0 Å². The Morgan fingerprint density at radius 3 is 3.00 bits per heavy atom. The first-order valence-electron chi connectivity index (χ1n) is 6.51. The van der Waals surface area contributed by atoms with Crippen LogP contribution in [0.5, 0.6) is 0 Å². The van der Waals surface area contributed by atoms with Gasteiger partial charge in [-0.3, -0.25) is 4.79 Å². The van der Waals surface area contributed by atoms with Crippen molar-refractivity contribution in [3.05, 3.63) is 35.1 Å². The van der Waals surface area contributed by atoms with E-state index in [1.807, 2.05) is 0 Å².